The van der Waals surface area contributed by atoms with Gasteiger partial charge in [0.15, 0.2) is 0 Å². The number of hydrogen-bond donors (Lipinski definition) is 2. The fourth-order valence-electron chi connectivity index (χ4n) is 2.42. The number of amides is 1. The lowest BCUT2D eigenvalue weighted by molar-refractivity contribution is -0.122. The summed E-state index contributed by atoms with van der Waals surface area (Å²) in [7, 11) is 0. The molecule has 2 aromatic heterocycles. The molecule has 1 amide bonds. The van der Waals surface area contributed by atoms with Crippen LogP contribution in [0.2, 0.25) is 0 Å². The zero-order chi connectivity index (χ0) is 14.5. The lowest BCUT2D eigenvalue weighted by Crippen LogP contribution is -2.34. The van der Waals surface area contributed by atoms with Gasteiger partial charge in [0.2, 0.25) is 5.91 Å². The molecule has 0 fully saturated rings. The van der Waals surface area contributed by atoms with Crippen molar-refractivity contribution in [2.45, 2.75) is 45.9 Å². The quantitative estimate of drug-likeness (QED) is 0.845. The molecule has 108 valence electrons. The van der Waals surface area contributed by atoms with Crippen LogP contribution in [-0.4, -0.2) is 26.6 Å². The summed E-state index contributed by atoms with van der Waals surface area (Å²) in [6, 6.07) is 3.91. The fourth-order valence-corrected chi connectivity index (χ4v) is 2.42. The lowest BCUT2D eigenvalue weighted by Gasteiger charge is -2.13. The monoisotopic (exact) mass is 275 g/mol. The van der Waals surface area contributed by atoms with Gasteiger partial charge in [0.1, 0.15) is 12.2 Å². The number of rotatable bonds is 6. The van der Waals surface area contributed by atoms with Gasteiger partial charge >= 0.3 is 0 Å². The van der Waals surface area contributed by atoms with Crippen molar-refractivity contribution in [1.82, 2.24) is 14.9 Å². The first kappa shape index (κ1) is 14.5. The third kappa shape index (κ3) is 3.17. The number of aliphatic hydroxyl groups excluding tert-OH is 1. The van der Waals surface area contributed by atoms with Gasteiger partial charge in [-0.15, -0.1) is 0 Å². The number of nitrogens with zero attached hydrogens (tertiary/aromatic N) is 2. The SMILES string of the molecule is CCCC(C)NC(=O)Cn1cc(CO)c2cccnc21. The Balaban J connectivity index is 2.15. The summed E-state index contributed by atoms with van der Waals surface area (Å²) in [6.45, 7) is 4.27. The van der Waals surface area contributed by atoms with E-state index in [0.717, 1.165) is 29.4 Å². The van der Waals surface area contributed by atoms with Gasteiger partial charge in [0, 0.05) is 29.4 Å². The Hall–Kier alpha value is -1.88. The highest BCUT2D eigenvalue weighted by molar-refractivity contribution is 5.83. The Kier molecular flexibility index (Phi) is 4.74. The Morgan fingerprint density at radius 3 is 3.05 bits per heavy atom. The third-order valence-electron chi connectivity index (χ3n) is 3.33. The summed E-state index contributed by atoms with van der Waals surface area (Å²) in [6.07, 6.45) is 5.50. The third-order valence-corrected chi connectivity index (χ3v) is 3.33. The molecule has 0 spiro atoms. The molecule has 20 heavy (non-hydrogen) atoms. The van der Waals surface area contributed by atoms with Crippen molar-refractivity contribution in [2.24, 2.45) is 0 Å². The number of aromatic nitrogens is 2. The molecule has 2 N–H and O–H groups in total. The molecule has 0 saturated carbocycles. The first-order valence-corrected chi connectivity index (χ1v) is 6.98. The van der Waals surface area contributed by atoms with E-state index < -0.39 is 0 Å². The number of pyridine rings is 1. The maximum atomic E-state index is 12.0. The summed E-state index contributed by atoms with van der Waals surface area (Å²) in [4.78, 5) is 16.3. The smallest absolute Gasteiger partial charge is 0.240 e. The van der Waals surface area contributed by atoms with Crippen LogP contribution in [0.3, 0.4) is 0 Å². The molecule has 2 rings (SSSR count). The molecule has 1 unspecified atom stereocenters. The van der Waals surface area contributed by atoms with E-state index in [1.807, 2.05) is 19.1 Å². The molecule has 5 heteroatoms. The van der Waals surface area contributed by atoms with Crippen molar-refractivity contribution < 1.29 is 9.90 Å². The van der Waals surface area contributed by atoms with Gasteiger partial charge < -0.3 is 15.0 Å². The van der Waals surface area contributed by atoms with Crippen LogP contribution in [0, 0.1) is 0 Å². The van der Waals surface area contributed by atoms with Crippen molar-refractivity contribution in [3.05, 3.63) is 30.1 Å². The van der Waals surface area contributed by atoms with Crippen LogP contribution in [-0.2, 0) is 17.9 Å². The first-order chi connectivity index (χ1) is 9.65. The molecule has 0 aromatic carbocycles. The van der Waals surface area contributed by atoms with Gasteiger partial charge in [0.25, 0.3) is 0 Å². The van der Waals surface area contributed by atoms with Crippen LogP contribution in [0.15, 0.2) is 24.5 Å². The van der Waals surface area contributed by atoms with Crippen molar-refractivity contribution in [3.8, 4) is 0 Å². The van der Waals surface area contributed by atoms with E-state index in [-0.39, 0.29) is 25.1 Å². The summed E-state index contributed by atoms with van der Waals surface area (Å²) in [5.74, 6) is -0.0296. The molecular weight excluding hydrogens is 254 g/mol. The maximum Gasteiger partial charge on any atom is 0.240 e. The van der Waals surface area contributed by atoms with Crippen molar-refractivity contribution in [3.63, 3.8) is 0 Å². The summed E-state index contributed by atoms with van der Waals surface area (Å²) in [5, 5.41) is 13.2. The average molecular weight is 275 g/mol. The number of nitrogens with one attached hydrogen (secondary N) is 1. The molecule has 0 bridgehead atoms. The molecule has 2 heterocycles. The van der Waals surface area contributed by atoms with Crippen LogP contribution < -0.4 is 5.32 Å². The topological polar surface area (TPSA) is 67.2 Å². The molecular formula is C15H21N3O2. The Labute approximate surface area is 118 Å². The van der Waals surface area contributed by atoms with Crippen LogP contribution in [0.1, 0.15) is 32.3 Å². The van der Waals surface area contributed by atoms with Crippen LogP contribution in [0.5, 0.6) is 0 Å². The van der Waals surface area contributed by atoms with Gasteiger partial charge in [-0.25, -0.2) is 4.98 Å². The Bertz CT molecular complexity index is 592. The minimum Gasteiger partial charge on any atom is -0.392 e. The van der Waals surface area contributed by atoms with Gasteiger partial charge in [-0.2, -0.15) is 0 Å². The summed E-state index contributed by atoms with van der Waals surface area (Å²) in [5.41, 5.74) is 1.53. The number of hydrogen-bond acceptors (Lipinski definition) is 3. The Morgan fingerprint density at radius 1 is 1.55 bits per heavy atom. The second-order valence-corrected chi connectivity index (χ2v) is 5.07. The van der Waals surface area contributed by atoms with Gasteiger partial charge in [-0.1, -0.05) is 13.3 Å². The summed E-state index contributed by atoms with van der Waals surface area (Å²) < 4.78 is 1.79. The van der Waals surface area contributed by atoms with E-state index in [0.29, 0.717) is 0 Å². The van der Waals surface area contributed by atoms with E-state index in [1.54, 1.807) is 17.0 Å². The lowest BCUT2D eigenvalue weighted by atomic mass is 10.2. The second-order valence-electron chi connectivity index (χ2n) is 5.07. The molecule has 2 aromatic rings. The van der Waals surface area contributed by atoms with Crippen LogP contribution >= 0.6 is 0 Å². The highest BCUT2D eigenvalue weighted by Gasteiger charge is 2.12. The zero-order valence-electron chi connectivity index (χ0n) is 12.0. The summed E-state index contributed by atoms with van der Waals surface area (Å²) >= 11 is 0. The highest BCUT2D eigenvalue weighted by atomic mass is 16.3. The molecule has 1 atom stereocenters. The van der Waals surface area contributed by atoms with Gasteiger partial charge in [-0.05, 0) is 25.5 Å². The van der Waals surface area contributed by atoms with Gasteiger partial charge in [-0.3, -0.25) is 4.79 Å². The highest BCUT2D eigenvalue weighted by Crippen LogP contribution is 2.19. The number of carbonyl (C=O) groups is 1. The van der Waals surface area contributed by atoms with Crippen molar-refractivity contribution in [1.29, 1.82) is 0 Å². The normalized spacial score (nSPS) is 12.6. The fraction of sp³-hybridized carbons (Fsp3) is 0.467. The molecule has 0 aliphatic rings. The number of fused-ring (bicyclic) bond motifs is 1. The molecule has 5 nitrogen and oxygen atoms in total. The molecule has 0 saturated heterocycles. The van der Waals surface area contributed by atoms with Crippen molar-refractivity contribution >= 4 is 16.9 Å². The zero-order valence-corrected chi connectivity index (χ0v) is 12.0. The van der Waals surface area contributed by atoms with Crippen LogP contribution in [0.25, 0.3) is 11.0 Å². The average Bonchev–Trinajstić information content (AvgIpc) is 2.77. The van der Waals surface area contributed by atoms with E-state index >= 15 is 0 Å². The first-order valence-electron chi connectivity index (χ1n) is 6.98. The van der Waals surface area contributed by atoms with Crippen LogP contribution in [0.4, 0.5) is 0 Å². The minimum absolute atomic E-state index is 0.0296. The number of aliphatic hydroxyl groups is 1. The number of carbonyl (C=O) groups excluding carboxylic acids is 1. The largest absolute Gasteiger partial charge is 0.392 e. The van der Waals surface area contributed by atoms with E-state index in [2.05, 4.69) is 17.2 Å². The molecule has 0 aliphatic carbocycles. The maximum absolute atomic E-state index is 12.0. The molecule has 0 aliphatic heterocycles. The van der Waals surface area contributed by atoms with Crippen molar-refractivity contribution in [2.75, 3.05) is 0 Å². The van der Waals surface area contributed by atoms with E-state index in [4.69, 9.17) is 0 Å². The predicted molar refractivity (Wildman–Crippen MR) is 78.2 cm³/mol. The van der Waals surface area contributed by atoms with E-state index in [9.17, 15) is 9.90 Å². The second kappa shape index (κ2) is 6.52. The van der Waals surface area contributed by atoms with E-state index in [1.165, 1.54) is 0 Å². The standard InChI is InChI=1S/C15H21N3O2/c1-3-5-11(2)17-14(20)9-18-8-12(10-19)13-6-4-7-16-15(13)18/h4,6-8,11,19H,3,5,9-10H2,1-2H3,(H,17,20). The Morgan fingerprint density at radius 2 is 2.35 bits per heavy atom. The van der Waals surface area contributed by atoms with Gasteiger partial charge in [0.05, 0.1) is 6.61 Å². The predicted octanol–water partition coefficient (Wildman–Crippen LogP) is 1.83. The minimum atomic E-state index is -0.0525. The molecule has 0 radical (unpaired) electrons.